The Morgan fingerprint density at radius 1 is 1.13 bits per heavy atom. The van der Waals surface area contributed by atoms with Crippen LogP contribution in [0.15, 0.2) is 6.07 Å². The standard InChI is InChI=1S/C32H40N2O11S2/c1-13-8-17-9-18-32(39)34-19(10-35)22-23(28(45-16(4)37)14(2)29-30(22)44-12-43-29)31(46-11-20(15(3)36)47(7,40)41)25(34)24(33(18)5)21(17)26(38)27(13)42-6/h8,18-20,24-25,31-32,35,38-39H,9-12H2,1-7H3/t18-,19-,20-,24+,25?,31+,32?/m0/s1. The fraction of sp³-hybridized carbons (Fsp3) is 0.562. The zero-order chi connectivity index (χ0) is 34.3. The number of likely N-dealkylation sites (N-methyl/N-ethyl adjacent to an activating group) is 1. The zero-order valence-electron chi connectivity index (χ0n) is 27.3. The maximum absolute atomic E-state index is 12.8. The summed E-state index contributed by atoms with van der Waals surface area (Å²) in [6.45, 7) is 5.46. The number of methoxy groups -OCH3 is 1. The third kappa shape index (κ3) is 5.17. The largest absolute Gasteiger partial charge is 0.504 e. The van der Waals surface area contributed by atoms with Gasteiger partial charge in [-0.25, -0.2) is 8.42 Å². The van der Waals surface area contributed by atoms with Crippen LogP contribution in [-0.4, -0.2) is 108 Å². The number of piperazine rings is 1. The number of thioether (sulfide) groups is 1. The summed E-state index contributed by atoms with van der Waals surface area (Å²) in [6, 6.07) is -0.763. The van der Waals surface area contributed by atoms with Crippen LogP contribution in [0.25, 0.3) is 0 Å². The second-order valence-electron chi connectivity index (χ2n) is 12.7. The van der Waals surface area contributed by atoms with Crippen LogP contribution in [0, 0.1) is 13.8 Å². The molecule has 6 rings (SSSR count). The van der Waals surface area contributed by atoms with Crippen molar-refractivity contribution in [1.29, 1.82) is 0 Å². The molecule has 2 aromatic rings. The minimum atomic E-state index is -3.81. The Balaban J connectivity index is 1.67. The molecule has 2 bridgehead atoms. The minimum Gasteiger partial charge on any atom is -0.504 e. The lowest BCUT2D eigenvalue weighted by Crippen LogP contribution is -2.69. The number of hydrogen-bond donors (Lipinski definition) is 3. The SMILES string of the molecule is COc1c(C)cc2c(c1O)[C@@H]1C3[C@H](SC[C@@H](C(C)=O)S(C)(=O)=O)c4c(OC(C)=O)c(C)c5c(c4[C@H](CO)N3C(O)[C@H](C2)N1C)OCO5. The number of nitrogens with zero attached hydrogens (tertiary/aromatic N) is 2. The van der Waals surface area contributed by atoms with E-state index in [2.05, 4.69) is 0 Å². The molecule has 4 heterocycles. The van der Waals surface area contributed by atoms with Gasteiger partial charge in [-0.05, 0) is 45.4 Å². The molecule has 2 aromatic carbocycles. The number of ketones is 1. The highest BCUT2D eigenvalue weighted by Gasteiger charge is 2.59. The number of ether oxygens (including phenoxy) is 4. The predicted octanol–water partition coefficient (Wildman–Crippen LogP) is 2.10. The average molecular weight is 693 g/mol. The highest BCUT2D eigenvalue weighted by Crippen LogP contribution is 2.63. The highest BCUT2D eigenvalue weighted by molar-refractivity contribution is 8.01. The van der Waals surface area contributed by atoms with Crippen LogP contribution >= 0.6 is 11.8 Å². The molecule has 0 spiro atoms. The van der Waals surface area contributed by atoms with Gasteiger partial charge < -0.3 is 34.3 Å². The maximum atomic E-state index is 12.8. The molecular weight excluding hydrogens is 652 g/mol. The Kier molecular flexibility index (Phi) is 8.71. The van der Waals surface area contributed by atoms with Crippen molar-refractivity contribution < 1.29 is 52.3 Å². The van der Waals surface area contributed by atoms with E-state index >= 15 is 0 Å². The van der Waals surface area contributed by atoms with E-state index in [9.17, 15) is 33.3 Å². The van der Waals surface area contributed by atoms with Crippen LogP contribution in [0.5, 0.6) is 28.7 Å². The molecule has 0 aromatic heterocycles. The zero-order valence-corrected chi connectivity index (χ0v) is 28.9. The van der Waals surface area contributed by atoms with E-state index < -0.39 is 69.1 Å². The number of carbonyl (C=O) groups excluding carboxylic acids is 2. The van der Waals surface area contributed by atoms with Crippen molar-refractivity contribution in [1.82, 2.24) is 9.80 Å². The molecule has 0 aliphatic carbocycles. The summed E-state index contributed by atoms with van der Waals surface area (Å²) in [5.41, 5.74) is 3.51. The Bertz CT molecular complexity index is 1760. The minimum absolute atomic E-state index is 0.0518. The molecule has 7 atom stereocenters. The molecule has 0 saturated carbocycles. The number of aryl methyl sites for hydroxylation is 1. The number of Topliss-reactive ketones (excluding diaryl/α,β-unsaturated/α-hetero) is 1. The van der Waals surface area contributed by atoms with Gasteiger partial charge >= 0.3 is 5.97 Å². The number of carbonyl (C=O) groups is 2. The van der Waals surface area contributed by atoms with Crippen molar-refractivity contribution >= 4 is 33.4 Å². The summed E-state index contributed by atoms with van der Waals surface area (Å²) in [4.78, 5) is 29.0. The summed E-state index contributed by atoms with van der Waals surface area (Å²) in [5.74, 6) is -0.182. The number of aliphatic hydroxyl groups is 2. The number of aromatic hydroxyl groups is 1. The monoisotopic (exact) mass is 692 g/mol. The van der Waals surface area contributed by atoms with Gasteiger partial charge in [0, 0.05) is 47.2 Å². The number of aliphatic hydroxyl groups excluding tert-OH is 2. The summed E-state index contributed by atoms with van der Waals surface area (Å²) in [6.07, 6.45) is 0.267. The van der Waals surface area contributed by atoms with Gasteiger partial charge in [-0.15, -0.1) is 0 Å². The van der Waals surface area contributed by atoms with E-state index in [-0.39, 0.29) is 24.0 Å². The Morgan fingerprint density at radius 2 is 1.81 bits per heavy atom. The van der Waals surface area contributed by atoms with Gasteiger partial charge in [0.2, 0.25) is 6.79 Å². The van der Waals surface area contributed by atoms with Crippen molar-refractivity contribution in [3.8, 4) is 28.7 Å². The lowest BCUT2D eigenvalue weighted by atomic mass is 9.73. The van der Waals surface area contributed by atoms with Gasteiger partial charge in [0.1, 0.15) is 23.0 Å². The van der Waals surface area contributed by atoms with Crippen molar-refractivity contribution in [2.24, 2.45) is 0 Å². The lowest BCUT2D eigenvalue weighted by Gasteiger charge is -2.61. The fourth-order valence-electron chi connectivity index (χ4n) is 8.00. The Hall–Kier alpha value is -3.08. The van der Waals surface area contributed by atoms with E-state index in [4.69, 9.17) is 18.9 Å². The summed E-state index contributed by atoms with van der Waals surface area (Å²) < 4.78 is 48.9. The van der Waals surface area contributed by atoms with Crippen LogP contribution in [-0.2, 0) is 25.8 Å². The Labute approximate surface area is 277 Å². The number of phenolic OH excluding ortho intramolecular Hbond substituents is 1. The van der Waals surface area contributed by atoms with Crippen LogP contribution in [0.2, 0.25) is 0 Å². The molecule has 256 valence electrons. The summed E-state index contributed by atoms with van der Waals surface area (Å²) in [5, 5.41) is 32.9. The third-order valence-corrected chi connectivity index (χ3v) is 13.1. The van der Waals surface area contributed by atoms with E-state index in [0.29, 0.717) is 45.9 Å². The van der Waals surface area contributed by atoms with Crippen LogP contribution < -0.4 is 18.9 Å². The van der Waals surface area contributed by atoms with E-state index in [1.54, 1.807) is 11.8 Å². The molecule has 4 aliphatic rings. The first-order valence-electron chi connectivity index (χ1n) is 15.3. The first kappa shape index (κ1) is 33.8. The number of benzene rings is 2. The van der Waals surface area contributed by atoms with Gasteiger partial charge in [0.15, 0.2) is 32.8 Å². The van der Waals surface area contributed by atoms with E-state index in [1.807, 2.05) is 24.9 Å². The first-order chi connectivity index (χ1) is 22.1. The molecule has 2 unspecified atom stereocenters. The smallest absolute Gasteiger partial charge is 0.308 e. The molecule has 0 radical (unpaired) electrons. The summed E-state index contributed by atoms with van der Waals surface area (Å²) in [7, 11) is -0.488. The van der Waals surface area contributed by atoms with Crippen molar-refractivity contribution in [3.05, 3.63) is 39.4 Å². The second kappa shape index (κ2) is 12.1. The Morgan fingerprint density at radius 3 is 2.40 bits per heavy atom. The van der Waals surface area contributed by atoms with Crippen molar-refractivity contribution in [2.45, 2.75) is 75.0 Å². The fourth-order valence-corrected chi connectivity index (χ4v) is 11.3. The van der Waals surface area contributed by atoms with Crippen LogP contribution in [0.1, 0.15) is 64.6 Å². The normalized spacial score (nSPS) is 27.0. The van der Waals surface area contributed by atoms with Crippen molar-refractivity contribution in [3.63, 3.8) is 0 Å². The number of phenols is 1. The molecule has 1 fully saturated rings. The number of fused-ring (bicyclic) bond motifs is 9. The number of rotatable bonds is 8. The average Bonchev–Trinajstić information content (AvgIpc) is 3.47. The van der Waals surface area contributed by atoms with Gasteiger partial charge in [-0.1, -0.05) is 6.07 Å². The number of esters is 1. The third-order valence-electron chi connectivity index (χ3n) is 9.95. The first-order valence-corrected chi connectivity index (χ1v) is 18.3. The molecule has 3 N–H and O–H groups in total. The van der Waals surface area contributed by atoms with Gasteiger partial charge in [-0.3, -0.25) is 19.4 Å². The molecular formula is C32H40N2O11S2. The topological polar surface area (TPSA) is 172 Å². The van der Waals surface area contributed by atoms with E-state index in [1.165, 1.54) is 32.7 Å². The maximum Gasteiger partial charge on any atom is 0.308 e. The van der Waals surface area contributed by atoms with Gasteiger partial charge in [0.05, 0.1) is 37.1 Å². The highest BCUT2D eigenvalue weighted by atomic mass is 32.2. The molecule has 4 aliphatic heterocycles. The second-order valence-corrected chi connectivity index (χ2v) is 16.1. The van der Waals surface area contributed by atoms with Gasteiger partial charge in [0.25, 0.3) is 0 Å². The molecule has 15 heteroatoms. The van der Waals surface area contributed by atoms with Crippen molar-refractivity contribution in [2.75, 3.05) is 39.6 Å². The molecule has 0 amide bonds. The molecule has 1 saturated heterocycles. The van der Waals surface area contributed by atoms with E-state index in [0.717, 1.165) is 17.4 Å². The quantitative estimate of drug-likeness (QED) is 0.271. The van der Waals surface area contributed by atoms with Crippen LogP contribution in [0.3, 0.4) is 0 Å². The number of hydrogen-bond acceptors (Lipinski definition) is 14. The summed E-state index contributed by atoms with van der Waals surface area (Å²) >= 11 is 1.18. The molecule has 47 heavy (non-hydrogen) atoms. The lowest BCUT2D eigenvalue weighted by molar-refractivity contribution is -0.178. The van der Waals surface area contributed by atoms with Crippen LogP contribution in [0.4, 0.5) is 0 Å². The number of sulfone groups is 1. The molecule has 13 nitrogen and oxygen atoms in total. The predicted molar refractivity (Wildman–Crippen MR) is 172 cm³/mol. The van der Waals surface area contributed by atoms with Gasteiger partial charge in [-0.2, -0.15) is 11.8 Å².